The number of methoxy groups -OCH3 is 1. The number of nitrogens with one attached hydrogen (secondary N) is 1. The number of fused-ring (bicyclic) bond motifs is 3. The maximum atomic E-state index is 12.5. The number of aromatic hydroxyl groups is 1. The lowest BCUT2D eigenvalue weighted by atomic mass is 9.91. The number of anilines is 1. The Bertz CT molecular complexity index is 1080. The molecule has 3 aromatic rings. The molecule has 1 aromatic heterocycles. The lowest BCUT2D eigenvalue weighted by molar-refractivity contribution is -0.114. The zero-order chi connectivity index (χ0) is 19.1. The number of carbonyl (C=O) groups excluding carboxylic acids is 1. The summed E-state index contributed by atoms with van der Waals surface area (Å²) in [5, 5.41) is 14.0. The van der Waals surface area contributed by atoms with Crippen LogP contribution in [0.4, 0.5) is 5.69 Å². The van der Waals surface area contributed by atoms with E-state index in [1.54, 1.807) is 13.3 Å². The Morgan fingerprint density at radius 1 is 1.22 bits per heavy atom. The topological polar surface area (TPSA) is 71.7 Å². The summed E-state index contributed by atoms with van der Waals surface area (Å²) in [7, 11) is 1.60. The van der Waals surface area contributed by atoms with Gasteiger partial charge in [0.05, 0.1) is 22.7 Å². The summed E-state index contributed by atoms with van der Waals surface area (Å²) in [6, 6.07) is 8.84. The van der Waals surface area contributed by atoms with Crippen molar-refractivity contribution in [1.29, 1.82) is 0 Å². The molecule has 138 valence electrons. The Morgan fingerprint density at radius 2 is 1.96 bits per heavy atom. The van der Waals surface area contributed by atoms with Gasteiger partial charge in [0.25, 0.3) is 0 Å². The number of phenols is 1. The van der Waals surface area contributed by atoms with Gasteiger partial charge in [-0.2, -0.15) is 0 Å². The molecular weight excluding hydrogens is 389 g/mol. The van der Waals surface area contributed by atoms with Gasteiger partial charge < -0.3 is 19.6 Å². The van der Waals surface area contributed by atoms with Crippen LogP contribution in [-0.4, -0.2) is 18.0 Å². The third-order valence-electron chi connectivity index (χ3n) is 4.57. The average Bonchev–Trinajstić information content (AvgIpc) is 3.04. The maximum absolute atomic E-state index is 12.5. The fourth-order valence-electron chi connectivity index (χ4n) is 3.18. The smallest absolute Gasteiger partial charge is 0.168 e. The van der Waals surface area contributed by atoms with Gasteiger partial charge in [0.15, 0.2) is 11.5 Å². The van der Waals surface area contributed by atoms with Crippen molar-refractivity contribution in [2.45, 2.75) is 12.8 Å². The van der Waals surface area contributed by atoms with Crippen LogP contribution in [0.15, 0.2) is 40.9 Å². The molecule has 0 amide bonds. The Hall–Kier alpha value is -2.63. The summed E-state index contributed by atoms with van der Waals surface area (Å²) in [6.45, 7) is 0. The highest BCUT2D eigenvalue weighted by atomic mass is 35.5. The van der Waals surface area contributed by atoms with Crippen LogP contribution in [0.2, 0.25) is 10.0 Å². The number of ketones is 1. The van der Waals surface area contributed by atoms with Gasteiger partial charge in [-0.05, 0) is 30.7 Å². The monoisotopic (exact) mass is 403 g/mol. The molecule has 0 radical (unpaired) electrons. The van der Waals surface area contributed by atoms with Gasteiger partial charge in [-0.25, -0.2) is 0 Å². The number of furan rings is 1. The number of Topliss-reactive ketones (excluding diaryl/α,β-unsaturated/α-hetero) is 1. The van der Waals surface area contributed by atoms with Crippen LogP contribution in [-0.2, 0) is 11.2 Å². The van der Waals surface area contributed by atoms with Crippen molar-refractivity contribution in [2.75, 3.05) is 12.4 Å². The highest BCUT2D eigenvalue weighted by molar-refractivity contribution is 6.41. The van der Waals surface area contributed by atoms with Gasteiger partial charge in [0.2, 0.25) is 0 Å². The van der Waals surface area contributed by atoms with Crippen LogP contribution in [0.5, 0.6) is 11.5 Å². The molecule has 4 rings (SSSR count). The van der Waals surface area contributed by atoms with Crippen molar-refractivity contribution in [1.82, 2.24) is 0 Å². The van der Waals surface area contributed by atoms with Crippen molar-refractivity contribution in [3.05, 3.63) is 57.9 Å². The van der Waals surface area contributed by atoms with Crippen molar-refractivity contribution in [3.63, 3.8) is 0 Å². The van der Waals surface area contributed by atoms with Crippen LogP contribution in [0.25, 0.3) is 16.5 Å². The number of rotatable bonds is 3. The number of hydrogen-bond donors (Lipinski definition) is 2. The van der Waals surface area contributed by atoms with E-state index in [4.69, 9.17) is 32.4 Å². The van der Waals surface area contributed by atoms with E-state index in [9.17, 15) is 9.90 Å². The van der Waals surface area contributed by atoms with Crippen molar-refractivity contribution in [3.8, 4) is 11.5 Å². The van der Waals surface area contributed by atoms with Gasteiger partial charge in [-0.3, -0.25) is 4.79 Å². The largest absolute Gasteiger partial charge is 0.505 e. The van der Waals surface area contributed by atoms with E-state index in [2.05, 4.69) is 5.32 Å². The Kier molecular flexibility index (Phi) is 4.50. The number of benzene rings is 2. The molecule has 5 nitrogen and oxygen atoms in total. The van der Waals surface area contributed by atoms with Crippen LogP contribution >= 0.6 is 23.2 Å². The first-order valence-electron chi connectivity index (χ1n) is 8.26. The summed E-state index contributed by atoms with van der Waals surface area (Å²) in [4.78, 5) is 12.5. The van der Waals surface area contributed by atoms with Crippen LogP contribution < -0.4 is 10.1 Å². The summed E-state index contributed by atoms with van der Waals surface area (Å²) in [6.07, 6.45) is 2.44. The van der Waals surface area contributed by atoms with Crippen molar-refractivity contribution >= 4 is 51.2 Å². The van der Waals surface area contributed by atoms with Crippen LogP contribution in [0.1, 0.15) is 17.7 Å². The maximum Gasteiger partial charge on any atom is 0.168 e. The minimum absolute atomic E-state index is 0.0333. The molecule has 0 unspecified atom stereocenters. The number of aryl methyl sites for hydroxylation is 1. The van der Waals surface area contributed by atoms with Gasteiger partial charge in [0, 0.05) is 35.3 Å². The second-order valence-corrected chi connectivity index (χ2v) is 6.94. The summed E-state index contributed by atoms with van der Waals surface area (Å²) >= 11 is 12.3. The molecule has 0 saturated heterocycles. The molecule has 0 spiro atoms. The average molecular weight is 404 g/mol. The van der Waals surface area contributed by atoms with Crippen molar-refractivity contribution < 1.29 is 19.1 Å². The molecule has 1 aliphatic carbocycles. The Balaban J connectivity index is 1.78. The van der Waals surface area contributed by atoms with Crippen LogP contribution in [0, 0.1) is 0 Å². The predicted molar refractivity (Wildman–Crippen MR) is 106 cm³/mol. The minimum atomic E-state index is -0.187. The van der Waals surface area contributed by atoms with E-state index in [0.29, 0.717) is 35.1 Å². The number of phenolic OH excluding ortho intramolecular Hbond substituents is 1. The molecule has 0 aliphatic heterocycles. The van der Waals surface area contributed by atoms with Crippen LogP contribution in [0.3, 0.4) is 0 Å². The Morgan fingerprint density at radius 3 is 2.67 bits per heavy atom. The first-order valence-corrected chi connectivity index (χ1v) is 9.02. The molecule has 0 atom stereocenters. The molecule has 2 N–H and O–H groups in total. The van der Waals surface area contributed by atoms with E-state index in [0.717, 1.165) is 17.0 Å². The molecule has 1 heterocycles. The molecule has 2 aromatic carbocycles. The number of halogens is 2. The zero-order valence-electron chi connectivity index (χ0n) is 14.3. The Labute approximate surface area is 165 Å². The number of allylic oxidation sites excluding steroid dienone is 1. The molecule has 7 heteroatoms. The molecule has 0 saturated carbocycles. The second-order valence-electron chi connectivity index (χ2n) is 6.16. The fraction of sp³-hybridized carbons (Fsp3) is 0.150. The van der Waals surface area contributed by atoms with Gasteiger partial charge in [-0.15, -0.1) is 0 Å². The summed E-state index contributed by atoms with van der Waals surface area (Å²) < 4.78 is 11.0. The summed E-state index contributed by atoms with van der Waals surface area (Å²) in [5.74, 6) is 0.973. The molecule has 27 heavy (non-hydrogen) atoms. The quantitative estimate of drug-likeness (QED) is 0.571. The minimum Gasteiger partial charge on any atom is -0.505 e. The lowest BCUT2D eigenvalue weighted by Crippen LogP contribution is -2.12. The van der Waals surface area contributed by atoms with E-state index in [1.165, 1.54) is 6.07 Å². The van der Waals surface area contributed by atoms with Gasteiger partial charge in [0.1, 0.15) is 17.1 Å². The SMILES string of the molecule is COc1ccc(N/C=C2/C(=O)CCc3c2oc2cc(Cl)c(O)c(Cl)c32)cc1. The fourth-order valence-corrected chi connectivity index (χ4v) is 3.73. The highest BCUT2D eigenvalue weighted by Gasteiger charge is 2.30. The summed E-state index contributed by atoms with van der Waals surface area (Å²) in [5.41, 5.74) is 2.47. The van der Waals surface area contributed by atoms with E-state index >= 15 is 0 Å². The molecule has 0 fully saturated rings. The van der Waals surface area contributed by atoms with Crippen molar-refractivity contribution in [2.24, 2.45) is 0 Å². The first kappa shape index (κ1) is 17.8. The molecule has 1 aliphatic rings. The predicted octanol–water partition coefficient (Wildman–Crippen LogP) is 5.42. The van der Waals surface area contributed by atoms with E-state index in [-0.39, 0.29) is 21.6 Å². The third-order valence-corrected chi connectivity index (χ3v) is 5.22. The van der Waals surface area contributed by atoms with E-state index in [1.807, 2.05) is 24.3 Å². The first-order chi connectivity index (χ1) is 13.0. The normalized spacial score (nSPS) is 15.2. The third kappa shape index (κ3) is 3.03. The molecule has 0 bridgehead atoms. The van der Waals surface area contributed by atoms with Gasteiger partial charge in [-0.1, -0.05) is 23.2 Å². The lowest BCUT2D eigenvalue weighted by Gasteiger charge is -2.13. The number of hydrogen-bond acceptors (Lipinski definition) is 5. The van der Waals surface area contributed by atoms with Gasteiger partial charge >= 0.3 is 0 Å². The standard InChI is InChI=1S/C20H15Cl2NO4/c1-26-11-4-2-10(3-5-11)23-9-13-15(24)7-6-12-17-16(27-20(12)13)8-14(21)19(25)18(17)22/h2-5,8-9,23,25H,6-7H2,1H3/b13-9-. The highest BCUT2D eigenvalue weighted by Crippen LogP contribution is 2.45. The molecular formula is C20H15Cl2NO4. The zero-order valence-corrected chi connectivity index (χ0v) is 15.8. The van der Waals surface area contributed by atoms with E-state index < -0.39 is 0 Å². The second kappa shape index (κ2) is 6.83. The number of carbonyl (C=O) groups is 1. The number of ether oxygens (including phenoxy) is 1.